The lowest BCUT2D eigenvalue weighted by Crippen LogP contribution is -2.41. The Hall–Kier alpha value is -1.24. The Morgan fingerprint density at radius 2 is 2.18 bits per heavy atom. The van der Waals surface area contributed by atoms with Crippen LogP contribution in [0.15, 0.2) is 4.79 Å². The number of imidazole rings is 1. The summed E-state index contributed by atoms with van der Waals surface area (Å²) in [5.41, 5.74) is 4.72. The minimum absolute atomic E-state index is 0.0482. The number of halogens is 2. The largest absolute Gasteiger partial charge is 0.394 e. The van der Waals surface area contributed by atoms with E-state index in [1.165, 1.54) is 0 Å². The van der Waals surface area contributed by atoms with Crippen LogP contribution in [0.3, 0.4) is 0 Å². The zero-order valence-electron chi connectivity index (χ0n) is 10.8. The molecule has 1 aliphatic rings. The second-order valence-corrected chi connectivity index (χ2v) is 6.20. The average molecular weight is 397 g/mol. The van der Waals surface area contributed by atoms with Gasteiger partial charge in [-0.15, -0.1) is 0 Å². The Kier molecular flexibility index (Phi) is 3.66. The van der Waals surface area contributed by atoms with Crippen molar-refractivity contribution in [1.29, 1.82) is 0 Å². The molecule has 12 heteroatoms. The van der Waals surface area contributed by atoms with Crippen LogP contribution in [0.2, 0.25) is 5.28 Å². The van der Waals surface area contributed by atoms with Gasteiger partial charge in [0.15, 0.2) is 11.2 Å². The van der Waals surface area contributed by atoms with Crippen molar-refractivity contribution in [3.05, 3.63) is 15.6 Å². The first-order valence-electron chi connectivity index (χ1n) is 6.07. The summed E-state index contributed by atoms with van der Waals surface area (Å²) in [5, 5.41) is 29.1. The van der Waals surface area contributed by atoms with Crippen LogP contribution in [-0.4, -0.2) is 59.8 Å². The maximum atomic E-state index is 11.8. The molecule has 120 valence electrons. The van der Waals surface area contributed by atoms with Crippen molar-refractivity contribution in [2.75, 3.05) is 12.3 Å². The van der Waals surface area contributed by atoms with Crippen molar-refractivity contribution in [2.24, 2.45) is 0 Å². The predicted octanol–water partition coefficient (Wildman–Crippen LogP) is -1.53. The maximum absolute atomic E-state index is 11.8. The molecule has 1 fully saturated rings. The van der Waals surface area contributed by atoms with Gasteiger partial charge in [0.25, 0.3) is 5.56 Å². The molecule has 10 nitrogen and oxygen atoms in total. The van der Waals surface area contributed by atoms with Gasteiger partial charge < -0.3 is 25.8 Å². The molecular formula is C10H11BrClN5O5. The van der Waals surface area contributed by atoms with Gasteiger partial charge >= 0.3 is 0 Å². The maximum Gasteiger partial charge on any atom is 0.280 e. The number of nitrogen functional groups attached to an aromatic ring is 1. The minimum Gasteiger partial charge on any atom is -0.394 e. The number of anilines is 1. The summed E-state index contributed by atoms with van der Waals surface area (Å²) in [6.45, 7) is -0.536. The topological polar surface area (TPSA) is 160 Å². The third-order valence-electron chi connectivity index (χ3n) is 3.37. The number of alkyl halides is 1. The average Bonchev–Trinajstić information content (AvgIpc) is 2.89. The van der Waals surface area contributed by atoms with Crippen LogP contribution in [0.5, 0.6) is 0 Å². The smallest absolute Gasteiger partial charge is 0.280 e. The highest BCUT2D eigenvalue weighted by atomic mass is 79.9. The second-order valence-electron chi connectivity index (χ2n) is 4.72. The number of ether oxygens (including phenoxy) is 1. The number of aliphatic hydroxyl groups excluding tert-OH is 3. The number of fused-ring (bicyclic) bond motifs is 1. The van der Waals surface area contributed by atoms with Crippen LogP contribution < -0.4 is 11.3 Å². The molecule has 0 aromatic carbocycles. The van der Waals surface area contributed by atoms with Crippen molar-refractivity contribution < 1.29 is 20.1 Å². The summed E-state index contributed by atoms with van der Waals surface area (Å²) < 4.78 is 4.77. The van der Waals surface area contributed by atoms with Crippen molar-refractivity contribution in [3.8, 4) is 0 Å². The molecule has 0 spiro atoms. The number of nitrogens with zero attached hydrogens (tertiary/aromatic N) is 3. The summed E-state index contributed by atoms with van der Waals surface area (Å²) in [7, 11) is 0. The molecule has 0 saturated carbocycles. The second kappa shape index (κ2) is 5.15. The van der Waals surface area contributed by atoms with E-state index in [9.17, 15) is 20.1 Å². The number of aromatic amines is 1. The molecule has 0 unspecified atom stereocenters. The molecule has 0 amide bonds. The molecule has 22 heavy (non-hydrogen) atoms. The minimum atomic E-state index is -1.76. The molecule has 1 aliphatic heterocycles. The number of aromatic nitrogens is 4. The molecule has 3 rings (SSSR count). The van der Waals surface area contributed by atoms with Crippen LogP contribution >= 0.6 is 27.5 Å². The van der Waals surface area contributed by atoms with Gasteiger partial charge in [0, 0.05) is 0 Å². The van der Waals surface area contributed by atoms with Crippen molar-refractivity contribution in [1.82, 2.24) is 19.5 Å². The number of aliphatic hydroxyl groups is 3. The molecule has 0 radical (unpaired) electrons. The number of H-pyrrole nitrogens is 1. The van der Waals surface area contributed by atoms with E-state index in [2.05, 4.69) is 30.9 Å². The lowest BCUT2D eigenvalue weighted by atomic mass is 10.1. The van der Waals surface area contributed by atoms with Gasteiger partial charge in [-0.25, -0.2) is 4.98 Å². The Labute approximate surface area is 135 Å². The van der Waals surface area contributed by atoms with Crippen molar-refractivity contribution in [3.63, 3.8) is 0 Å². The number of hydrogen-bond acceptors (Lipinski definition) is 8. The summed E-state index contributed by atoms with van der Waals surface area (Å²) in [4.78, 5) is 21.9. The number of rotatable bonds is 2. The summed E-state index contributed by atoms with van der Waals surface area (Å²) in [5.74, 6) is -0.182. The first-order valence-corrected chi connectivity index (χ1v) is 7.24. The molecular weight excluding hydrogens is 385 g/mol. The van der Waals surface area contributed by atoms with Gasteiger partial charge in [-0.1, -0.05) is 0 Å². The van der Waals surface area contributed by atoms with Crippen molar-refractivity contribution >= 4 is 44.6 Å². The Morgan fingerprint density at radius 1 is 1.50 bits per heavy atom. The van der Waals surface area contributed by atoms with Gasteiger partial charge in [-0.05, 0) is 27.5 Å². The molecule has 0 bridgehead atoms. The van der Waals surface area contributed by atoms with E-state index in [4.69, 9.17) is 22.1 Å². The zero-order chi connectivity index (χ0) is 16.2. The molecule has 2 aromatic rings. The molecule has 0 aliphatic carbocycles. The quantitative estimate of drug-likeness (QED) is 0.302. The van der Waals surface area contributed by atoms with Gasteiger partial charge in [0.2, 0.25) is 15.9 Å². The van der Waals surface area contributed by atoms with E-state index in [1.807, 2.05) is 0 Å². The Balaban J connectivity index is 2.26. The van der Waals surface area contributed by atoms with Crippen LogP contribution in [0, 0.1) is 0 Å². The van der Waals surface area contributed by atoms with E-state index < -0.39 is 35.1 Å². The molecule has 3 heterocycles. The van der Waals surface area contributed by atoms with Gasteiger partial charge in [0.1, 0.15) is 18.3 Å². The fraction of sp³-hybridized carbons (Fsp3) is 0.500. The lowest BCUT2D eigenvalue weighted by molar-refractivity contribution is -0.0721. The van der Waals surface area contributed by atoms with Crippen molar-refractivity contribution in [2.45, 2.75) is 22.9 Å². The number of nitrogens with two attached hydrogens (primary N) is 1. The molecule has 1 saturated heterocycles. The zero-order valence-corrected chi connectivity index (χ0v) is 13.1. The first kappa shape index (κ1) is 15.6. The summed E-state index contributed by atoms with van der Waals surface area (Å²) >= 11 is 9.16. The highest BCUT2D eigenvalue weighted by Gasteiger charge is 2.55. The van der Waals surface area contributed by atoms with Gasteiger partial charge in [0.05, 0.1) is 6.61 Å². The Bertz CT molecular complexity index is 796. The van der Waals surface area contributed by atoms with E-state index >= 15 is 0 Å². The van der Waals surface area contributed by atoms with E-state index in [-0.39, 0.29) is 22.4 Å². The fourth-order valence-electron chi connectivity index (χ4n) is 2.32. The first-order chi connectivity index (χ1) is 10.3. The molecule has 4 atom stereocenters. The number of nitrogens with one attached hydrogen (secondary N) is 1. The van der Waals surface area contributed by atoms with Crippen LogP contribution in [0.25, 0.3) is 11.2 Å². The van der Waals surface area contributed by atoms with Gasteiger partial charge in [-0.3, -0.25) is 14.3 Å². The van der Waals surface area contributed by atoms with E-state index in [0.29, 0.717) is 0 Å². The van der Waals surface area contributed by atoms with Gasteiger partial charge in [-0.2, -0.15) is 4.98 Å². The fourth-order valence-corrected chi connectivity index (χ4v) is 3.56. The Morgan fingerprint density at radius 3 is 2.77 bits per heavy atom. The normalized spacial score (nSPS) is 32.0. The third-order valence-corrected chi connectivity index (χ3v) is 4.63. The monoisotopic (exact) mass is 395 g/mol. The van der Waals surface area contributed by atoms with Crippen LogP contribution in [0.4, 0.5) is 5.95 Å². The van der Waals surface area contributed by atoms with E-state index in [1.54, 1.807) is 0 Å². The molecule has 2 aromatic heterocycles. The highest BCUT2D eigenvalue weighted by Crippen LogP contribution is 2.43. The summed E-state index contributed by atoms with van der Waals surface area (Å²) in [6.07, 6.45) is -3.97. The molecule has 6 N–H and O–H groups in total. The number of hydrogen-bond donors (Lipinski definition) is 5. The standard InChI is InChI=1S/C10H11BrClN5O5/c11-10(5(20)4(19)2(1-18)22-10)17-6-3(14-8(17)12)7(21)16-9(13)15-6/h2,4-5,18-20H,1H2,(H3,13,15,16,21)/t2-,4-,5-,10+/m1/s1. The van der Waals surface area contributed by atoms with Crippen LogP contribution in [0.1, 0.15) is 0 Å². The SMILES string of the molecule is Nc1nc2c(nc(Cl)n2[C@]2(Br)O[C@H](CO)[C@@H](O)[C@H]2O)c(=O)[nH]1. The third kappa shape index (κ3) is 2.05. The lowest BCUT2D eigenvalue weighted by Gasteiger charge is -2.27. The predicted molar refractivity (Wildman–Crippen MR) is 78.4 cm³/mol. The van der Waals surface area contributed by atoms with E-state index in [0.717, 1.165) is 4.57 Å². The van der Waals surface area contributed by atoms with Crippen LogP contribution in [-0.2, 0) is 9.37 Å². The summed E-state index contributed by atoms with van der Waals surface area (Å²) in [6, 6.07) is 0. The highest BCUT2D eigenvalue weighted by molar-refractivity contribution is 9.09.